The Hall–Kier alpha value is -0.690. The van der Waals surface area contributed by atoms with Gasteiger partial charge in [0.25, 0.3) is 0 Å². The van der Waals surface area contributed by atoms with Gasteiger partial charge in [0, 0.05) is 20.1 Å². The number of hydrogen-bond acceptors (Lipinski definition) is 6. The van der Waals surface area contributed by atoms with Crippen molar-refractivity contribution in [1.29, 1.82) is 0 Å². The highest BCUT2D eigenvalue weighted by molar-refractivity contribution is 5.69. The molecule has 25 heavy (non-hydrogen) atoms. The standard InChI is InChI=1S/C19H38O6/c1-4-5-6-7-9-18(2)25-19(20)10-8-11-22-14-15-24-17-16-23-13-12-21-3/h18H,4-17H2,1-3H3. The molecule has 0 rings (SSSR count). The van der Waals surface area contributed by atoms with E-state index in [1.807, 2.05) is 6.92 Å². The molecule has 150 valence electrons. The Morgan fingerprint density at radius 3 is 2.00 bits per heavy atom. The van der Waals surface area contributed by atoms with Gasteiger partial charge < -0.3 is 23.7 Å². The van der Waals surface area contributed by atoms with E-state index in [9.17, 15) is 4.79 Å². The third-order valence-electron chi connectivity index (χ3n) is 3.64. The molecular formula is C19H38O6. The lowest BCUT2D eigenvalue weighted by atomic mass is 10.1. The number of esters is 1. The van der Waals surface area contributed by atoms with Crippen molar-refractivity contribution in [3.8, 4) is 0 Å². The average molecular weight is 363 g/mol. The number of ether oxygens (including phenoxy) is 5. The molecule has 0 fully saturated rings. The van der Waals surface area contributed by atoms with E-state index in [2.05, 4.69) is 6.92 Å². The van der Waals surface area contributed by atoms with E-state index in [0.717, 1.165) is 12.8 Å². The fraction of sp³-hybridized carbons (Fsp3) is 0.947. The fourth-order valence-corrected chi connectivity index (χ4v) is 2.20. The zero-order valence-corrected chi connectivity index (χ0v) is 16.4. The lowest BCUT2D eigenvalue weighted by Crippen LogP contribution is -2.15. The summed E-state index contributed by atoms with van der Waals surface area (Å²) in [4.78, 5) is 11.7. The molecule has 0 bridgehead atoms. The molecule has 0 aromatic rings. The summed E-state index contributed by atoms with van der Waals surface area (Å²) in [6, 6.07) is 0. The number of rotatable bonds is 19. The predicted octanol–water partition coefficient (Wildman–Crippen LogP) is 3.36. The van der Waals surface area contributed by atoms with Gasteiger partial charge in [0.05, 0.1) is 45.7 Å². The highest BCUT2D eigenvalue weighted by Crippen LogP contribution is 2.09. The molecule has 0 aromatic carbocycles. The molecular weight excluding hydrogens is 324 g/mol. The van der Waals surface area contributed by atoms with E-state index >= 15 is 0 Å². The topological polar surface area (TPSA) is 63.2 Å². The van der Waals surface area contributed by atoms with Gasteiger partial charge in [0.2, 0.25) is 0 Å². The summed E-state index contributed by atoms with van der Waals surface area (Å²) in [5.41, 5.74) is 0. The maximum absolute atomic E-state index is 11.7. The number of hydrogen-bond donors (Lipinski definition) is 0. The van der Waals surface area contributed by atoms with Crippen LogP contribution in [0.25, 0.3) is 0 Å². The first kappa shape index (κ1) is 24.3. The van der Waals surface area contributed by atoms with Crippen LogP contribution in [0.1, 0.15) is 58.8 Å². The Morgan fingerprint density at radius 2 is 1.40 bits per heavy atom. The van der Waals surface area contributed by atoms with Crippen LogP contribution in [0.4, 0.5) is 0 Å². The van der Waals surface area contributed by atoms with Crippen molar-refractivity contribution in [3.63, 3.8) is 0 Å². The highest BCUT2D eigenvalue weighted by atomic mass is 16.6. The second-order valence-electron chi connectivity index (χ2n) is 6.08. The fourth-order valence-electron chi connectivity index (χ4n) is 2.20. The van der Waals surface area contributed by atoms with Crippen LogP contribution < -0.4 is 0 Å². The first-order valence-electron chi connectivity index (χ1n) is 9.62. The smallest absolute Gasteiger partial charge is 0.306 e. The van der Waals surface area contributed by atoms with Gasteiger partial charge in [0.1, 0.15) is 0 Å². The molecule has 0 saturated heterocycles. The van der Waals surface area contributed by atoms with Crippen LogP contribution in [-0.2, 0) is 28.5 Å². The van der Waals surface area contributed by atoms with E-state index in [4.69, 9.17) is 23.7 Å². The minimum atomic E-state index is -0.129. The van der Waals surface area contributed by atoms with Gasteiger partial charge in [-0.2, -0.15) is 0 Å². The van der Waals surface area contributed by atoms with Crippen molar-refractivity contribution in [1.82, 2.24) is 0 Å². The molecule has 0 saturated carbocycles. The maximum Gasteiger partial charge on any atom is 0.306 e. The predicted molar refractivity (Wildman–Crippen MR) is 97.9 cm³/mol. The van der Waals surface area contributed by atoms with Crippen molar-refractivity contribution >= 4 is 5.97 Å². The SMILES string of the molecule is CCCCCCC(C)OC(=O)CCCOCCOCCOCCOC. The molecule has 6 heteroatoms. The van der Waals surface area contributed by atoms with Gasteiger partial charge in [0.15, 0.2) is 0 Å². The molecule has 0 spiro atoms. The summed E-state index contributed by atoms with van der Waals surface area (Å²) < 4.78 is 26.3. The number of methoxy groups -OCH3 is 1. The maximum atomic E-state index is 11.7. The number of carbonyl (C=O) groups excluding carboxylic acids is 1. The normalized spacial score (nSPS) is 12.3. The Balaban J connectivity index is 3.26. The average Bonchev–Trinajstić information content (AvgIpc) is 2.59. The second-order valence-corrected chi connectivity index (χ2v) is 6.08. The molecule has 0 amide bonds. The monoisotopic (exact) mass is 362 g/mol. The Labute approximate surface area is 153 Å². The van der Waals surface area contributed by atoms with Crippen molar-refractivity contribution in [2.45, 2.75) is 64.9 Å². The Kier molecular flexibility index (Phi) is 19.1. The third kappa shape index (κ3) is 19.5. The van der Waals surface area contributed by atoms with Crippen LogP contribution in [-0.4, -0.2) is 65.4 Å². The minimum Gasteiger partial charge on any atom is -0.463 e. The van der Waals surface area contributed by atoms with Gasteiger partial charge in [-0.15, -0.1) is 0 Å². The molecule has 6 nitrogen and oxygen atoms in total. The Morgan fingerprint density at radius 1 is 0.800 bits per heavy atom. The van der Waals surface area contributed by atoms with Gasteiger partial charge in [-0.25, -0.2) is 0 Å². The summed E-state index contributed by atoms with van der Waals surface area (Å²) in [6.07, 6.45) is 6.88. The van der Waals surface area contributed by atoms with Crippen LogP contribution in [0, 0.1) is 0 Å². The first-order valence-corrected chi connectivity index (χ1v) is 9.62. The summed E-state index contributed by atoms with van der Waals surface area (Å²) >= 11 is 0. The van der Waals surface area contributed by atoms with E-state index in [0.29, 0.717) is 59.1 Å². The van der Waals surface area contributed by atoms with Crippen molar-refractivity contribution in [2.24, 2.45) is 0 Å². The molecule has 0 aliphatic rings. The van der Waals surface area contributed by atoms with E-state index in [-0.39, 0.29) is 12.1 Å². The molecule has 0 heterocycles. The quantitative estimate of drug-likeness (QED) is 0.259. The van der Waals surface area contributed by atoms with Gasteiger partial charge in [-0.05, 0) is 26.2 Å². The molecule has 0 aliphatic heterocycles. The Bertz CT molecular complexity index is 285. The molecule has 0 N–H and O–H groups in total. The van der Waals surface area contributed by atoms with Crippen LogP contribution >= 0.6 is 0 Å². The second kappa shape index (κ2) is 19.6. The van der Waals surface area contributed by atoms with Gasteiger partial charge >= 0.3 is 5.97 Å². The third-order valence-corrected chi connectivity index (χ3v) is 3.64. The highest BCUT2D eigenvalue weighted by Gasteiger charge is 2.08. The van der Waals surface area contributed by atoms with Crippen molar-refractivity contribution in [3.05, 3.63) is 0 Å². The number of unbranched alkanes of at least 4 members (excludes halogenated alkanes) is 3. The van der Waals surface area contributed by atoms with Crippen LogP contribution in [0.5, 0.6) is 0 Å². The molecule has 0 aliphatic carbocycles. The summed E-state index contributed by atoms with van der Waals surface area (Å²) in [6.45, 7) is 8.07. The zero-order chi connectivity index (χ0) is 18.6. The molecule has 0 radical (unpaired) electrons. The largest absolute Gasteiger partial charge is 0.463 e. The van der Waals surface area contributed by atoms with Crippen LogP contribution in [0.15, 0.2) is 0 Å². The zero-order valence-electron chi connectivity index (χ0n) is 16.4. The van der Waals surface area contributed by atoms with E-state index in [1.54, 1.807) is 7.11 Å². The van der Waals surface area contributed by atoms with Gasteiger partial charge in [-0.1, -0.05) is 26.2 Å². The summed E-state index contributed by atoms with van der Waals surface area (Å²) in [7, 11) is 1.64. The molecule has 1 atom stereocenters. The summed E-state index contributed by atoms with van der Waals surface area (Å²) in [5.74, 6) is -0.129. The van der Waals surface area contributed by atoms with E-state index in [1.165, 1.54) is 19.3 Å². The lowest BCUT2D eigenvalue weighted by molar-refractivity contribution is -0.149. The summed E-state index contributed by atoms with van der Waals surface area (Å²) in [5, 5.41) is 0. The van der Waals surface area contributed by atoms with Crippen LogP contribution in [0.2, 0.25) is 0 Å². The van der Waals surface area contributed by atoms with Crippen molar-refractivity contribution < 1.29 is 28.5 Å². The first-order chi connectivity index (χ1) is 12.2. The lowest BCUT2D eigenvalue weighted by Gasteiger charge is -2.13. The molecule has 1 unspecified atom stereocenters. The number of carbonyl (C=O) groups is 1. The van der Waals surface area contributed by atoms with Crippen molar-refractivity contribution in [2.75, 3.05) is 53.4 Å². The van der Waals surface area contributed by atoms with Crippen LogP contribution in [0.3, 0.4) is 0 Å². The van der Waals surface area contributed by atoms with Gasteiger partial charge in [-0.3, -0.25) is 4.79 Å². The van der Waals surface area contributed by atoms with E-state index < -0.39 is 0 Å². The minimum absolute atomic E-state index is 0.0183. The molecule has 0 aromatic heterocycles.